The highest BCUT2D eigenvalue weighted by Crippen LogP contribution is 2.20. The third-order valence-electron chi connectivity index (χ3n) is 4.11. The second kappa shape index (κ2) is 6.35. The normalized spacial score (nSPS) is 14.2. The van der Waals surface area contributed by atoms with Crippen LogP contribution in [-0.4, -0.2) is 46.7 Å². The summed E-state index contributed by atoms with van der Waals surface area (Å²) >= 11 is 0. The van der Waals surface area contributed by atoms with Crippen LogP contribution in [0.25, 0.3) is 0 Å². The van der Waals surface area contributed by atoms with Gasteiger partial charge in [-0.25, -0.2) is 4.98 Å². The minimum absolute atomic E-state index is 0.0924. The van der Waals surface area contributed by atoms with E-state index in [2.05, 4.69) is 4.98 Å². The summed E-state index contributed by atoms with van der Waals surface area (Å²) in [4.78, 5) is 29.8. The third-order valence-corrected chi connectivity index (χ3v) is 4.11. The van der Waals surface area contributed by atoms with Crippen LogP contribution in [0.4, 0.5) is 0 Å². The van der Waals surface area contributed by atoms with Crippen molar-refractivity contribution in [1.29, 1.82) is 0 Å². The lowest BCUT2D eigenvalue weighted by Crippen LogP contribution is -2.56. The molecule has 0 unspecified atom stereocenters. The summed E-state index contributed by atoms with van der Waals surface area (Å²) in [5.41, 5.74) is 1.23. The minimum Gasteiger partial charge on any atom is -0.486 e. The quantitative estimate of drug-likeness (QED) is 0.837. The number of aryl methyl sites for hydroxylation is 1. The first kappa shape index (κ1) is 16.0. The van der Waals surface area contributed by atoms with Gasteiger partial charge in [-0.15, -0.1) is 0 Å². The Morgan fingerprint density at radius 1 is 1.29 bits per heavy atom. The van der Waals surface area contributed by atoms with Crippen LogP contribution >= 0.6 is 0 Å². The molecule has 24 heavy (non-hydrogen) atoms. The van der Waals surface area contributed by atoms with Gasteiger partial charge in [-0.3, -0.25) is 9.59 Å². The van der Waals surface area contributed by atoms with Crippen molar-refractivity contribution < 1.29 is 14.3 Å². The monoisotopic (exact) mass is 329 g/mol. The first-order chi connectivity index (χ1) is 11.5. The zero-order chi connectivity index (χ0) is 17.3. The second-order valence-electron chi connectivity index (χ2n) is 5.77. The van der Waals surface area contributed by atoms with Gasteiger partial charge in [-0.2, -0.15) is 0 Å². The van der Waals surface area contributed by atoms with E-state index in [1.165, 1.54) is 19.4 Å². The lowest BCUT2D eigenvalue weighted by molar-refractivity contribution is 0.0176. The molecule has 3 rings (SSSR count). The number of nitrogens with zero attached hydrogens (tertiary/aromatic N) is 3. The molecule has 2 aromatic rings. The van der Waals surface area contributed by atoms with Crippen molar-refractivity contribution in [2.24, 2.45) is 7.05 Å². The van der Waals surface area contributed by atoms with E-state index in [9.17, 15) is 9.59 Å². The number of hydrogen-bond donors (Lipinski definition) is 0. The molecule has 0 spiro atoms. The van der Waals surface area contributed by atoms with Gasteiger partial charge in [0.2, 0.25) is 5.88 Å². The first-order valence-corrected chi connectivity index (χ1v) is 7.61. The molecule has 0 radical (unpaired) electrons. The van der Waals surface area contributed by atoms with Crippen molar-refractivity contribution in [3.8, 4) is 11.6 Å². The van der Waals surface area contributed by atoms with Gasteiger partial charge in [0, 0.05) is 31.1 Å². The van der Waals surface area contributed by atoms with Crippen molar-refractivity contribution in [2.45, 2.75) is 13.0 Å². The van der Waals surface area contributed by atoms with Gasteiger partial charge < -0.3 is 18.9 Å². The summed E-state index contributed by atoms with van der Waals surface area (Å²) in [6.45, 7) is 2.82. The van der Waals surface area contributed by atoms with Crippen molar-refractivity contribution in [3.05, 3.63) is 52.1 Å². The third kappa shape index (κ3) is 3.10. The number of carbonyl (C=O) groups excluding carboxylic acids is 1. The van der Waals surface area contributed by atoms with Crippen LogP contribution < -0.4 is 15.0 Å². The average molecular weight is 329 g/mol. The predicted molar refractivity (Wildman–Crippen MR) is 87.5 cm³/mol. The Labute approximate surface area is 139 Å². The Balaban J connectivity index is 1.59. The fourth-order valence-electron chi connectivity index (χ4n) is 2.49. The van der Waals surface area contributed by atoms with Gasteiger partial charge in [0.05, 0.1) is 25.8 Å². The Morgan fingerprint density at radius 3 is 2.62 bits per heavy atom. The fraction of sp³-hybridized carbons (Fsp3) is 0.353. The summed E-state index contributed by atoms with van der Waals surface area (Å²) in [6, 6.07) is 6.63. The van der Waals surface area contributed by atoms with E-state index < -0.39 is 0 Å². The zero-order valence-corrected chi connectivity index (χ0v) is 13.9. The van der Waals surface area contributed by atoms with Crippen molar-refractivity contribution in [3.63, 3.8) is 0 Å². The number of rotatable bonds is 4. The maximum Gasteiger partial charge on any atom is 0.255 e. The first-order valence-electron chi connectivity index (χ1n) is 7.61. The van der Waals surface area contributed by atoms with E-state index in [1.807, 2.05) is 13.0 Å². The topological polar surface area (TPSA) is 73.7 Å². The highest BCUT2D eigenvalue weighted by molar-refractivity contribution is 5.94. The van der Waals surface area contributed by atoms with Gasteiger partial charge in [0.1, 0.15) is 11.9 Å². The van der Waals surface area contributed by atoms with Crippen molar-refractivity contribution in [1.82, 2.24) is 14.5 Å². The number of aromatic nitrogens is 2. The fourth-order valence-corrected chi connectivity index (χ4v) is 2.49. The summed E-state index contributed by atoms with van der Waals surface area (Å²) < 4.78 is 12.3. The lowest BCUT2D eigenvalue weighted by Gasteiger charge is -2.39. The molecular formula is C17H19N3O4. The summed E-state index contributed by atoms with van der Waals surface area (Å²) in [7, 11) is 3.24. The molecule has 0 N–H and O–H groups in total. The van der Waals surface area contributed by atoms with Crippen LogP contribution in [0, 0.1) is 6.92 Å². The molecule has 0 aliphatic carbocycles. The summed E-state index contributed by atoms with van der Waals surface area (Å²) in [5.74, 6) is 0.918. The average Bonchev–Trinajstić information content (AvgIpc) is 2.55. The lowest BCUT2D eigenvalue weighted by atomic mass is 10.1. The molecule has 7 heteroatoms. The number of likely N-dealkylation sites (tertiary alicyclic amines) is 1. The zero-order valence-electron chi connectivity index (χ0n) is 13.9. The van der Waals surface area contributed by atoms with Crippen molar-refractivity contribution in [2.75, 3.05) is 20.2 Å². The Morgan fingerprint density at radius 2 is 2.04 bits per heavy atom. The van der Waals surface area contributed by atoms with Crippen molar-refractivity contribution >= 4 is 5.91 Å². The molecule has 0 atom stereocenters. The Bertz CT molecular complexity index is 808. The summed E-state index contributed by atoms with van der Waals surface area (Å²) in [5, 5.41) is 0. The maximum atomic E-state index is 12.3. The number of methoxy groups -OCH3 is 1. The number of amides is 1. The standard InChI is InChI=1S/C17H19N3O4/c1-11-6-13(7-16(21)19(11)2)24-14-9-20(10-14)17(22)12-4-5-15(23-3)18-8-12/h4-8,14H,9-10H2,1-3H3. The van der Waals surface area contributed by atoms with Crippen LogP contribution in [0.2, 0.25) is 0 Å². The SMILES string of the molecule is COc1ccc(C(=O)N2CC(Oc3cc(C)n(C)c(=O)c3)C2)cn1. The molecule has 0 bridgehead atoms. The number of ether oxygens (including phenoxy) is 2. The molecule has 0 aromatic carbocycles. The smallest absolute Gasteiger partial charge is 0.255 e. The molecule has 1 aliphatic rings. The number of carbonyl (C=O) groups is 1. The van der Waals surface area contributed by atoms with Crippen LogP contribution in [0.5, 0.6) is 11.6 Å². The molecule has 7 nitrogen and oxygen atoms in total. The van der Waals surface area contributed by atoms with E-state index in [0.29, 0.717) is 30.3 Å². The highest BCUT2D eigenvalue weighted by Gasteiger charge is 2.33. The molecule has 1 aliphatic heterocycles. The molecule has 1 fully saturated rings. The Hall–Kier alpha value is -2.83. The second-order valence-corrected chi connectivity index (χ2v) is 5.77. The van der Waals surface area contributed by atoms with Crippen LogP contribution in [-0.2, 0) is 7.05 Å². The molecule has 1 amide bonds. The van der Waals surface area contributed by atoms with Gasteiger partial charge in [0.25, 0.3) is 11.5 Å². The molecule has 126 valence electrons. The predicted octanol–water partition coefficient (Wildman–Crippen LogP) is 1.00. The van der Waals surface area contributed by atoms with E-state index >= 15 is 0 Å². The van der Waals surface area contributed by atoms with E-state index in [4.69, 9.17) is 9.47 Å². The van der Waals surface area contributed by atoms with Crippen LogP contribution in [0.1, 0.15) is 16.1 Å². The number of pyridine rings is 2. The molecule has 0 saturated carbocycles. The van der Waals surface area contributed by atoms with Gasteiger partial charge in [-0.1, -0.05) is 0 Å². The number of hydrogen-bond acceptors (Lipinski definition) is 5. The van der Waals surface area contributed by atoms with E-state index in [-0.39, 0.29) is 17.6 Å². The van der Waals surface area contributed by atoms with Crippen LogP contribution in [0.3, 0.4) is 0 Å². The molecule has 2 aromatic heterocycles. The summed E-state index contributed by atoms with van der Waals surface area (Å²) in [6.07, 6.45) is 1.39. The highest BCUT2D eigenvalue weighted by atomic mass is 16.5. The Kier molecular flexibility index (Phi) is 4.24. The molecule has 1 saturated heterocycles. The van der Waals surface area contributed by atoms with E-state index in [0.717, 1.165) is 5.69 Å². The van der Waals surface area contributed by atoms with Gasteiger partial charge in [0.15, 0.2) is 0 Å². The largest absolute Gasteiger partial charge is 0.486 e. The molecular weight excluding hydrogens is 310 g/mol. The maximum absolute atomic E-state index is 12.3. The molecule has 3 heterocycles. The van der Waals surface area contributed by atoms with E-state index in [1.54, 1.807) is 28.6 Å². The van der Waals surface area contributed by atoms with Gasteiger partial charge in [-0.05, 0) is 19.1 Å². The van der Waals surface area contributed by atoms with Crippen LogP contribution in [0.15, 0.2) is 35.3 Å². The minimum atomic E-state index is -0.110. The van der Waals surface area contributed by atoms with Gasteiger partial charge >= 0.3 is 0 Å².